The van der Waals surface area contributed by atoms with Crippen LogP contribution in [0.4, 0.5) is 5.69 Å². The fraction of sp³-hybridized carbons (Fsp3) is 0.188. The second-order valence-electron chi connectivity index (χ2n) is 4.46. The lowest BCUT2D eigenvalue weighted by molar-refractivity contribution is -0.123. The number of hydrogen-bond donors (Lipinski definition) is 1. The van der Waals surface area contributed by atoms with Gasteiger partial charge in [0.05, 0.1) is 5.56 Å². The fourth-order valence-corrected chi connectivity index (χ4v) is 2.29. The van der Waals surface area contributed by atoms with Crippen molar-refractivity contribution in [1.82, 2.24) is 4.98 Å². The molecule has 0 saturated carbocycles. The summed E-state index contributed by atoms with van der Waals surface area (Å²) in [5.74, 6) is -0.942. The van der Waals surface area contributed by atoms with Crippen molar-refractivity contribution in [3.63, 3.8) is 0 Å². The van der Waals surface area contributed by atoms with Gasteiger partial charge in [-0.3, -0.25) is 4.79 Å². The summed E-state index contributed by atoms with van der Waals surface area (Å²) in [4.78, 5) is 28.3. The summed E-state index contributed by atoms with van der Waals surface area (Å²) in [5, 5.41) is 3.26. The van der Waals surface area contributed by atoms with Gasteiger partial charge in [-0.2, -0.15) is 0 Å². The van der Waals surface area contributed by atoms with Gasteiger partial charge in [-0.25, -0.2) is 9.78 Å². The van der Waals surface area contributed by atoms with Crippen LogP contribution in [-0.4, -0.2) is 29.2 Å². The predicted molar refractivity (Wildman–Crippen MR) is 86.0 cm³/mol. The Labute approximate surface area is 133 Å². The molecular formula is C16H16N2O3S. The largest absolute Gasteiger partial charge is 0.449 e. The van der Waals surface area contributed by atoms with Gasteiger partial charge in [0.1, 0.15) is 5.03 Å². The third-order valence-electron chi connectivity index (χ3n) is 2.88. The molecule has 1 aromatic carbocycles. The number of pyridine rings is 1. The highest BCUT2D eigenvalue weighted by atomic mass is 32.2. The Hall–Kier alpha value is -2.34. The molecule has 2 aromatic rings. The Balaban J connectivity index is 2.00. The van der Waals surface area contributed by atoms with E-state index in [1.807, 2.05) is 24.5 Å². The van der Waals surface area contributed by atoms with Gasteiger partial charge in [-0.1, -0.05) is 18.2 Å². The van der Waals surface area contributed by atoms with Crippen molar-refractivity contribution in [3.05, 3.63) is 54.2 Å². The molecule has 0 bridgehead atoms. The third-order valence-corrected chi connectivity index (χ3v) is 3.59. The number of aromatic nitrogens is 1. The Morgan fingerprint density at radius 1 is 1.18 bits per heavy atom. The number of benzene rings is 1. The number of amides is 1. The lowest BCUT2D eigenvalue weighted by atomic mass is 10.2. The topological polar surface area (TPSA) is 68.3 Å². The molecule has 1 atom stereocenters. The van der Waals surface area contributed by atoms with Gasteiger partial charge in [0.25, 0.3) is 5.91 Å². The van der Waals surface area contributed by atoms with Crippen LogP contribution in [0.25, 0.3) is 0 Å². The number of carbonyl (C=O) groups is 2. The van der Waals surface area contributed by atoms with E-state index in [-0.39, 0.29) is 5.91 Å². The number of rotatable bonds is 5. The molecule has 0 aliphatic rings. The first kappa shape index (κ1) is 16.0. The van der Waals surface area contributed by atoms with Crippen LogP contribution >= 0.6 is 11.8 Å². The van der Waals surface area contributed by atoms with Gasteiger partial charge in [0.15, 0.2) is 6.10 Å². The van der Waals surface area contributed by atoms with Gasteiger partial charge >= 0.3 is 5.97 Å². The first-order chi connectivity index (χ1) is 10.6. The molecule has 0 unspecified atom stereocenters. The summed E-state index contributed by atoms with van der Waals surface area (Å²) in [6, 6.07) is 12.3. The van der Waals surface area contributed by atoms with Crippen molar-refractivity contribution < 1.29 is 14.3 Å². The number of nitrogens with zero attached hydrogens (tertiary/aromatic N) is 1. The number of ether oxygens (including phenoxy) is 1. The molecule has 5 nitrogen and oxygen atoms in total. The summed E-state index contributed by atoms with van der Waals surface area (Å²) in [7, 11) is 0. The minimum absolute atomic E-state index is 0.356. The highest BCUT2D eigenvalue weighted by Gasteiger charge is 2.21. The van der Waals surface area contributed by atoms with Crippen LogP contribution < -0.4 is 5.32 Å². The quantitative estimate of drug-likeness (QED) is 0.678. The second-order valence-corrected chi connectivity index (χ2v) is 5.26. The average Bonchev–Trinajstić information content (AvgIpc) is 2.55. The van der Waals surface area contributed by atoms with E-state index in [0.717, 1.165) is 0 Å². The third kappa shape index (κ3) is 4.08. The molecule has 0 fully saturated rings. The molecule has 0 aliphatic heterocycles. The van der Waals surface area contributed by atoms with Crippen LogP contribution in [0.3, 0.4) is 0 Å². The van der Waals surface area contributed by atoms with E-state index in [9.17, 15) is 9.59 Å². The van der Waals surface area contributed by atoms with Crippen LogP contribution in [0.1, 0.15) is 17.3 Å². The van der Waals surface area contributed by atoms with E-state index in [2.05, 4.69) is 10.3 Å². The molecule has 0 saturated heterocycles. The molecular weight excluding hydrogens is 300 g/mol. The van der Waals surface area contributed by atoms with Crippen LogP contribution in [0.15, 0.2) is 53.7 Å². The maximum Gasteiger partial charge on any atom is 0.341 e. The Kier molecular flexibility index (Phi) is 5.55. The van der Waals surface area contributed by atoms with E-state index in [1.54, 1.807) is 30.5 Å². The first-order valence-corrected chi connectivity index (χ1v) is 7.90. The van der Waals surface area contributed by atoms with E-state index in [1.165, 1.54) is 18.7 Å². The fourth-order valence-electron chi connectivity index (χ4n) is 1.75. The first-order valence-electron chi connectivity index (χ1n) is 6.67. The highest BCUT2D eigenvalue weighted by molar-refractivity contribution is 7.98. The lowest BCUT2D eigenvalue weighted by Crippen LogP contribution is -2.30. The van der Waals surface area contributed by atoms with Gasteiger partial charge in [-0.05, 0) is 37.4 Å². The maximum absolute atomic E-state index is 12.1. The Bertz CT molecular complexity index is 661. The predicted octanol–water partition coefficient (Wildman–Crippen LogP) is 2.99. The second kappa shape index (κ2) is 7.61. The summed E-state index contributed by atoms with van der Waals surface area (Å²) < 4.78 is 5.21. The van der Waals surface area contributed by atoms with E-state index in [0.29, 0.717) is 16.3 Å². The van der Waals surface area contributed by atoms with Crippen LogP contribution in [0.5, 0.6) is 0 Å². The lowest BCUT2D eigenvalue weighted by Gasteiger charge is -2.14. The van der Waals surface area contributed by atoms with Crippen molar-refractivity contribution in [1.29, 1.82) is 0 Å². The molecule has 1 aromatic heterocycles. The van der Waals surface area contributed by atoms with Gasteiger partial charge in [0.2, 0.25) is 0 Å². The van der Waals surface area contributed by atoms with Crippen LogP contribution in [0, 0.1) is 0 Å². The zero-order valence-electron chi connectivity index (χ0n) is 12.3. The standard InChI is InChI=1S/C16H16N2O3S/c1-11(14(19)18-12-7-4-3-5-8-12)21-16(20)13-9-6-10-17-15(13)22-2/h3-11H,1-2H3,(H,18,19)/t11-/m1/s1. The number of nitrogens with one attached hydrogen (secondary N) is 1. The van der Waals surface area contributed by atoms with E-state index in [4.69, 9.17) is 4.74 Å². The molecule has 1 amide bonds. The van der Waals surface area contributed by atoms with Gasteiger partial charge in [0, 0.05) is 11.9 Å². The molecule has 22 heavy (non-hydrogen) atoms. The molecule has 0 spiro atoms. The number of para-hydroxylation sites is 1. The molecule has 6 heteroatoms. The smallest absolute Gasteiger partial charge is 0.341 e. The van der Waals surface area contributed by atoms with Crippen LogP contribution in [-0.2, 0) is 9.53 Å². The van der Waals surface area contributed by atoms with Crippen LogP contribution in [0.2, 0.25) is 0 Å². The number of carbonyl (C=O) groups excluding carboxylic acids is 2. The van der Waals surface area contributed by atoms with E-state index < -0.39 is 12.1 Å². The number of thioether (sulfide) groups is 1. The molecule has 1 heterocycles. The number of hydrogen-bond acceptors (Lipinski definition) is 5. The molecule has 114 valence electrons. The van der Waals surface area contributed by atoms with Crippen molar-refractivity contribution in [3.8, 4) is 0 Å². The number of esters is 1. The Morgan fingerprint density at radius 2 is 1.91 bits per heavy atom. The summed E-state index contributed by atoms with van der Waals surface area (Å²) in [6.45, 7) is 1.53. The average molecular weight is 316 g/mol. The normalized spacial score (nSPS) is 11.5. The van der Waals surface area contributed by atoms with Gasteiger partial charge < -0.3 is 10.1 Å². The SMILES string of the molecule is CSc1ncccc1C(=O)O[C@H](C)C(=O)Nc1ccccc1. The molecule has 0 aliphatic carbocycles. The number of anilines is 1. The zero-order chi connectivity index (χ0) is 15.9. The summed E-state index contributed by atoms with van der Waals surface area (Å²) in [5.41, 5.74) is 1.01. The molecule has 0 radical (unpaired) electrons. The molecule has 2 rings (SSSR count). The minimum atomic E-state index is -0.900. The summed E-state index contributed by atoms with van der Waals surface area (Å²) >= 11 is 1.35. The Morgan fingerprint density at radius 3 is 2.59 bits per heavy atom. The summed E-state index contributed by atoms with van der Waals surface area (Å²) in [6.07, 6.45) is 2.53. The maximum atomic E-state index is 12.1. The van der Waals surface area contributed by atoms with Crippen molar-refractivity contribution in [2.24, 2.45) is 0 Å². The van der Waals surface area contributed by atoms with Crippen molar-refractivity contribution in [2.45, 2.75) is 18.1 Å². The molecule has 1 N–H and O–H groups in total. The highest BCUT2D eigenvalue weighted by Crippen LogP contribution is 2.18. The van der Waals surface area contributed by atoms with E-state index >= 15 is 0 Å². The zero-order valence-corrected chi connectivity index (χ0v) is 13.1. The minimum Gasteiger partial charge on any atom is -0.449 e. The van der Waals surface area contributed by atoms with Crippen molar-refractivity contribution >= 4 is 29.3 Å². The van der Waals surface area contributed by atoms with Gasteiger partial charge in [-0.15, -0.1) is 11.8 Å². The monoisotopic (exact) mass is 316 g/mol. The van der Waals surface area contributed by atoms with Crippen molar-refractivity contribution in [2.75, 3.05) is 11.6 Å².